The Hall–Kier alpha value is -0.900. The SMILES string of the molecule is CC1CC(C)(C)CC1Nc1ccc(Cl)c(C(F)(F)F)c1. The number of hydrogen-bond donors (Lipinski definition) is 1. The molecule has 0 radical (unpaired) electrons. The van der Waals surface area contributed by atoms with Crippen molar-refractivity contribution < 1.29 is 13.2 Å². The topological polar surface area (TPSA) is 12.0 Å². The maximum atomic E-state index is 12.8. The first-order chi connectivity index (χ1) is 9.08. The summed E-state index contributed by atoms with van der Waals surface area (Å²) in [4.78, 5) is 0. The second-order valence-corrected chi connectivity index (χ2v) is 6.90. The first-order valence-corrected chi connectivity index (χ1v) is 7.09. The third-order valence-electron chi connectivity index (χ3n) is 3.96. The largest absolute Gasteiger partial charge is 0.417 e. The molecule has 1 aromatic carbocycles. The Morgan fingerprint density at radius 1 is 1.25 bits per heavy atom. The van der Waals surface area contributed by atoms with Gasteiger partial charge in [0, 0.05) is 11.7 Å². The molecule has 1 aliphatic rings. The van der Waals surface area contributed by atoms with Gasteiger partial charge in [0.15, 0.2) is 0 Å². The van der Waals surface area contributed by atoms with E-state index < -0.39 is 11.7 Å². The lowest BCUT2D eigenvalue weighted by Crippen LogP contribution is -2.22. The predicted octanol–water partition coefficient (Wildman–Crippen LogP) is 5.60. The third kappa shape index (κ3) is 3.40. The zero-order valence-electron chi connectivity index (χ0n) is 11.8. The molecule has 0 heterocycles. The van der Waals surface area contributed by atoms with Gasteiger partial charge in [0.2, 0.25) is 0 Å². The number of hydrogen-bond acceptors (Lipinski definition) is 1. The Balaban J connectivity index is 2.19. The van der Waals surface area contributed by atoms with E-state index >= 15 is 0 Å². The molecule has 0 spiro atoms. The van der Waals surface area contributed by atoms with Crippen molar-refractivity contribution in [1.82, 2.24) is 0 Å². The molecule has 1 nitrogen and oxygen atoms in total. The summed E-state index contributed by atoms with van der Waals surface area (Å²) in [5.41, 5.74) is -0.0681. The highest BCUT2D eigenvalue weighted by atomic mass is 35.5. The van der Waals surface area contributed by atoms with Crippen molar-refractivity contribution in [2.45, 2.75) is 45.8 Å². The van der Waals surface area contributed by atoms with Gasteiger partial charge in [-0.2, -0.15) is 13.2 Å². The molecule has 0 saturated heterocycles. The van der Waals surface area contributed by atoms with E-state index in [1.54, 1.807) is 6.07 Å². The average molecular weight is 306 g/mol. The van der Waals surface area contributed by atoms with Gasteiger partial charge < -0.3 is 5.32 Å². The lowest BCUT2D eigenvalue weighted by Gasteiger charge is -2.21. The van der Waals surface area contributed by atoms with Gasteiger partial charge in [-0.1, -0.05) is 32.4 Å². The van der Waals surface area contributed by atoms with Gasteiger partial charge in [-0.05, 0) is 42.4 Å². The first-order valence-electron chi connectivity index (χ1n) is 6.72. The molecule has 2 rings (SSSR count). The molecule has 1 fully saturated rings. The smallest absolute Gasteiger partial charge is 0.382 e. The lowest BCUT2D eigenvalue weighted by molar-refractivity contribution is -0.137. The van der Waals surface area contributed by atoms with E-state index in [-0.39, 0.29) is 16.5 Å². The van der Waals surface area contributed by atoms with Gasteiger partial charge >= 0.3 is 6.18 Å². The zero-order chi connectivity index (χ0) is 15.1. The van der Waals surface area contributed by atoms with E-state index in [2.05, 4.69) is 26.1 Å². The van der Waals surface area contributed by atoms with Gasteiger partial charge in [0.05, 0.1) is 10.6 Å². The summed E-state index contributed by atoms with van der Waals surface area (Å²) < 4.78 is 38.5. The molecule has 2 atom stereocenters. The van der Waals surface area contributed by atoms with E-state index in [4.69, 9.17) is 11.6 Å². The summed E-state index contributed by atoms with van der Waals surface area (Å²) >= 11 is 5.62. The van der Waals surface area contributed by atoms with Crippen LogP contribution in [-0.4, -0.2) is 6.04 Å². The number of benzene rings is 1. The minimum Gasteiger partial charge on any atom is -0.382 e. The summed E-state index contributed by atoms with van der Waals surface area (Å²) in [5, 5.41) is 2.97. The highest BCUT2D eigenvalue weighted by molar-refractivity contribution is 6.31. The van der Waals surface area contributed by atoms with E-state index in [0.717, 1.165) is 18.9 Å². The van der Waals surface area contributed by atoms with E-state index in [1.807, 2.05) is 0 Å². The van der Waals surface area contributed by atoms with Crippen LogP contribution in [0.4, 0.5) is 18.9 Å². The van der Waals surface area contributed by atoms with Crippen LogP contribution in [0.15, 0.2) is 18.2 Å². The van der Waals surface area contributed by atoms with Crippen LogP contribution in [0.5, 0.6) is 0 Å². The fourth-order valence-corrected chi connectivity index (χ4v) is 3.36. The highest BCUT2D eigenvalue weighted by Crippen LogP contribution is 2.43. The normalized spacial score (nSPS) is 25.8. The number of halogens is 4. The van der Waals surface area contributed by atoms with E-state index in [9.17, 15) is 13.2 Å². The Labute approximate surface area is 122 Å². The van der Waals surface area contributed by atoms with Gasteiger partial charge in [-0.15, -0.1) is 0 Å². The van der Waals surface area contributed by atoms with Crippen LogP contribution < -0.4 is 5.32 Å². The number of nitrogens with one attached hydrogen (secondary N) is 1. The maximum Gasteiger partial charge on any atom is 0.417 e. The van der Waals surface area contributed by atoms with Crippen LogP contribution in [-0.2, 0) is 6.18 Å². The maximum absolute atomic E-state index is 12.8. The number of alkyl halides is 3. The van der Waals surface area contributed by atoms with Crippen molar-refractivity contribution in [3.8, 4) is 0 Å². The van der Waals surface area contributed by atoms with Crippen molar-refractivity contribution >= 4 is 17.3 Å². The molecule has 1 N–H and O–H groups in total. The second kappa shape index (κ2) is 5.14. The Kier molecular flexibility index (Phi) is 3.98. The molecule has 0 aliphatic heterocycles. The third-order valence-corrected chi connectivity index (χ3v) is 4.29. The number of rotatable bonds is 2. The van der Waals surface area contributed by atoms with Crippen molar-refractivity contribution in [2.24, 2.45) is 11.3 Å². The van der Waals surface area contributed by atoms with Gasteiger partial charge in [0.1, 0.15) is 0 Å². The van der Waals surface area contributed by atoms with Crippen LogP contribution in [0.2, 0.25) is 5.02 Å². The van der Waals surface area contributed by atoms with E-state index in [0.29, 0.717) is 11.6 Å². The molecule has 0 aromatic heterocycles. The molecule has 20 heavy (non-hydrogen) atoms. The minimum atomic E-state index is -4.42. The van der Waals surface area contributed by atoms with Crippen LogP contribution in [0.1, 0.15) is 39.2 Å². The minimum absolute atomic E-state index is 0.201. The summed E-state index contributed by atoms with van der Waals surface area (Å²) in [6.07, 6.45) is -2.39. The zero-order valence-corrected chi connectivity index (χ0v) is 12.6. The molecular formula is C15H19ClF3N. The van der Waals surface area contributed by atoms with Crippen LogP contribution in [0.3, 0.4) is 0 Å². The van der Waals surface area contributed by atoms with Gasteiger partial charge in [-0.3, -0.25) is 0 Å². The van der Waals surface area contributed by atoms with Crippen molar-refractivity contribution in [1.29, 1.82) is 0 Å². The molecule has 112 valence electrons. The van der Waals surface area contributed by atoms with Crippen molar-refractivity contribution in [3.63, 3.8) is 0 Å². The molecule has 2 unspecified atom stereocenters. The Bertz CT molecular complexity index is 496. The summed E-state index contributed by atoms with van der Waals surface area (Å²) in [7, 11) is 0. The molecule has 5 heteroatoms. The van der Waals surface area contributed by atoms with Crippen molar-refractivity contribution in [2.75, 3.05) is 5.32 Å². The average Bonchev–Trinajstić information content (AvgIpc) is 2.53. The summed E-state index contributed by atoms with van der Waals surface area (Å²) in [6, 6.07) is 4.21. The van der Waals surface area contributed by atoms with Crippen LogP contribution in [0, 0.1) is 11.3 Å². The number of anilines is 1. The van der Waals surface area contributed by atoms with Crippen LogP contribution in [0.25, 0.3) is 0 Å². The predicted molar refractivity (Wildman–Crippen MR) is 76.0 cm³/mol. The van der Waals surface area contributed by atoms with Crippen LogP contribution >= 0.6 is 11.6 Å². The molecule has 1 aliphatic carbocycles. The molecule has 0 amide bonds. The molecule has 0 bridgehead atoms. The fraction of sp³-hybridized carbons (Fsp3) is 0.600. The second-order valence-electron chi connectivity index (χ2n) is 6.49. The molecular weight excluding hydrogens is 287 g/mol. The fourth-order valence-electron chi connectivity index (χ4n) is 3.13. The quantitative estimate of drug-likeness (QED) is 0.750. The molecule has 1 aromatic rings. The van der Waals surface area contributed by atoms with E-state index in [1.165, 1.54) is 6.07 Å². The summed E-state index contributed by atoms with van der Waals surface area (Å²) in [5.74, 6) is 0.440. The lowest BCUT2D eigenvalue weighted by atomic mass is 9.91. The Morgan fingerprint density at radius 3 is 2.40 bits per heavy atom. The van der Waals surface area contributed by atoms with Gasteiger partial charge in [0.25, 0.3) is 0 Å². The molecule has 1 saturated carbocycles. The Morgan fingerprint density at radius 2 is 1.90 bits per heavy atom. The first kappa shape index (κ1) is 15.5. The standard InChI is InChI=1S/C15H19ClF3N/c1-9-7-14(2,3)8-13(9)20-10-4-5-12(16)11(6-10)15(17,18)19/h4-6,9,13,20H,7-8H2,1-3H3. The van der Waals surface area contributed by atoms with Crippen molar-refractivity contribution in [3.05, 3.63) is 28.8 Å². The highest BCUT2D eigenvalue weighted by Gasteiger charge is 2.37. The monoisotopic (exact) mass is 305 g/mol. The summed E-state index contributed by atoms with van der Waals surface area (Å²) in [6.45, 7) is 6.51. The van der Waals surface area contributed by atoms with Gasteiger partial charge in [-0.25, -0.2) is 0 Å².